The van der Waals surface area contributed by atoms with E-state index >= 15 is 0 Å². The minimum Gasteiger partial charge on any atom is -0.308 e. The van der Waals surface area contributed by atoms with Gasteiger partial charge in [-0.3, -0.25) is 14.5 Å². The fraction of sp³-hybridized carbons (Fsp3) is 0.250. The molecule has 0 N–H and O–H groups in total. The quantitative estimate of drug-likeness (QED) is 0.689. The van der Waals surface area contributed by atoms with Crippen molar-refractivity contribution in [2.75, 3.05) is 27.2 Å². The number of likely N-dealkylation sites (N-methyl/N-ethyl adjacent to an activating group) is 1. The van der Waals surface area contributed by atoms with E-state index in [9.17, 15) is 9.59 Å². The number of rotatable bonds is 3. The third-order valence-electron chi connectivity index (χ3n) is 4.09. The van der Waals surface area contributed by atoms with E-state index in [1.165, 1.54) is 16.4 Å². The van der Waals surface area contributed by atoms with Gasteiger partial charge >= 0.3 is 0 Å². The number of carbonyl (C=O) groups is 2. The molecule has 0 saturated heterocycles. The molecule has 0 aliphatic carbocycles. The van der Waals surface area contributed by atoms with Gasteiger partial charge in [-0.25, -0.2) is 0 Å². The average Bonchev–Trinajstić information content (AvgIpc) is 3.00. The van der Waals surface area contributed by atoms with E-state index in [-0.39, 0.29) is 11.8 Å². The van der Waals surface area contributed by atoms with Gasteiger partial charge in [-0.1, -0.05) is 16.6 Å². The number of amides is 2. The third kappa shape index (κ3) is 2.04. The van der Waals surface area contributed by atoms with Gasteiger partial charge in [0.1, 0.15) is 5.52 Å². The molecule has 3 aromatic rings. The van der Waals surface area contributed by atoms with Crippen molar-refractivity contribution >= 4 is 44.3 Å². The van der Waals surface area contributed by atoms with E-state index in [1.54, 1.807) is 12.1 Å². The van der Waals surface area contributed by atoms with Crippen LogP contribution in [0.15, 0.2) is 24.3 Å². The number of carbonyl (C=O) groups excluding carboxylic acids is 2. The van der Waals surface area contributed by atoms with Crippen LogP contribution in [0.2, 0.25) is 0 Å². The van der Waals surface area contributed by atoms with Crippen LogP contribution in [-0.2, 0) is 0 Å². The summed E-state index contributed by atoms with van der Waals surface area (Å²) in [7, 11) is 3.83. The molecule has 2 heterocycles. The third-order valence-corrected chi connectivity index (χ3v) is 4.87. The van der Waals surface area contributed by atoms with Crippen molar-refractivity contribution in [3.8, 4) is 0 Å². The molecule has 4 rings (SSSR count). The predicted octanol–water partition coefficient (Wildman–Crippen LogP) is 2.00. The highest BCUT2D eigenvalue weighted by Gasteiger charge is 2.33. The van der Waals surface area contributed by atoms with Gasteiger partial charge in [-0.2, -0.15) is 0 Å². The summed E-state index contributed by atoms with van der Waals surface area (Å²) >= 11 is 1.28. The lowest BCUT2D eigenvalue weighted by molar-refractivity contribution is 0.0601. The first-order chi connectivity index (χ1) is 11.1. The maximum absolute atomic E-state index is 12.8. The maximum atomic E-state index is 12.8. The Hall–Kier alpha value is -2.38. The molecule has 0 bridgehead atoms. The van der Waals surface area contributed by atoms with Gasteiger partial charge in [-0.15, -0.1) is 5.10 Å². The van der Waals surface area contributed by atoms with Crippen molar-refractivity contribution in [2.24, 2.45) is 0 Å². The van der Waals surface area contributed by atoms with Crippen LogP contribution >= 0.6 is 11.5 Å². The van der Waals surface area contributed by atoms with Gasteiger partial charge in [0.25, 0.3) is 11.8 Å². The van der Waals surface area contributed by atoms with Gasteiger partial charge in [-0.05, 0) is 37.8 Å². The minimum atomic E-state index is -0.254. The molecular formula is C16H14N4O2S. The first kappa shape index (κ1) is 14.2. The second kappa shape index (κ2) is 5.07. The molecule has 0 spiro atoms. The fourth-order valence-corrected chi connectivity index (χ4v) is 3.62. The Morgan fingerprint density at radius 1 is 1.17 bits per heavy atom. The molecule has 2 aromatic carbocycles. The van der Waals surface area contributed by atoms with Gasteiger partial charge in [0.15, 0.2) is 0 Å². The Kier molecular flexibility index (Phi) is 3.14. The number of fused-ring (bicyclic) bond motifs is 2. The number of benzene rings is 2. The highest BCUT2D eigenvalue weighted by atomic mass is 32.1. The van der Waals surface area contributed by atoms with Crippen molar-refractivity contribution in [1.29, 1.82) is 0 Å². The first-order valence-corrected chi connectivity index (χ1v) is 8.04. The smallest absolute Gasteiger partial charge is 0.261 e. The molecule has 0 fully saturated rings. The second-order valence-electron chi connectivity index (χ2n) is 5.84. The SMILES string of the molecule is CN(C)CCN1C(=O)c2cccc3c2c(cc2nnsc23)C1=O. The highest BCUT2D eigenvalue weighted by molar-refractivity contribution is 7.14. The summed E-state index contributed by atoms with van der Waals surface area (Å²) in [5.74, 6) is -0.484. The van der Waals surface area contributed by atoms with Gasteiger partial charge in [0, 0.05) is 29.4 Å². The van der Waals surface area contributed by atoms with Gasteiger partial charge < -0.3 is 4.90 Å². The lowest BCUT2D eigenvalue weighted by Gasteiger charge is -2.28. The van der Waals surface area contributed by atoms with Crippen LogP contribution in [0.4, 0.5) is 0 Å². The summed E-state index contributed by atoms with van der Waals surface area (Å²) in [6, 6.07) is 7.30. The molecule has 1 aromatic heterocycles. The lowest BCUT2D eigenvalue weighted by atomic mass is 9.93. The Bertz CT molecular complexity index is 963. The Morgan fingerprint density at radius 3 is 2.74 bits per heavy atom. The van der Waals surface area contributed by atoms with Crippen molar-refractivity contribution in [3.63, 3.8) is 0 Å². The summed E-state index contributed by atoms with van der Waals surface area (Å²) in [5, 5.41) is 5.69. The van der Waals surface area contributed by atoms with Crippen molar-refractivity contribution < 1.29 is 9.59 Å². The van der Waals surface area contributed by atoms with Crippen LogP contribution in [0.5, 0.6) is 0 Å². The van der Waals surface area contributed by atoms with E-state index in [0.29, 0.717) is 29.7 Å². The van der Waals surface area contributed by atoms with Crippen LogP contribution in [0.1, 0.15) is 20.7 Å². The Balaban J connectivity index is 1.96. The number of hydrogen-bond donors (Lipinski definition) is 0. The maximum Gasteiger partial charge on any atom is 0.261 e. The molecule has 0 saturated carbocycles. The van der Waals surface area contributed by atoms with Crippen LogP contribution < -0.4 is 0 Å². The van der Waals surface area contributed by atoms with Crippen molar-refractivity contribution in [3.05, 3.63) is 35.4 Å². The van der Waals surface area contributed by atoms with Crippen molar-refractivity contribution in [1.82, 2.24) is 19.4 Å². The summed E-state index contributed by atoms with van der Waals surface area (Å²) in [4.78, 5) is 28.9. The molecule has 0 radical (unpaired) electrons. The molecule has 6 nitrogen and oxygen atoms in total. The van der Waals surface area contributed by atoms with Gasteiger partial charge in [0.05, 0.1) is 10.3 Å². The molecule has 0 unspecified atom stereocenters. The zero-order valence-electron chi connectivity index (χ0n) is 12.7. The number of aromatic nitrogens is 2. The number of nitrogens with zero attached hydrogens (tertiary/aromatic N) is 4. The normalized spacial score (nSPS) is 14.5. The molecule has 1 aliphatic rings. The molecule has 116 valence electrons. The monoisotopic (exact) mass is 326 g/mol. The van der Waals surface area contributed by atoms with E-state index in [0.717, 1.165) is 15.5 Å². The second-order valence-corrected chi connectivity index (χ2v) is 6.59. The summed E-state index contributed by atoms with van der Waals surface area (Å²) in [6.45, 7) is 0.997. The van der Waals surface area contributed by atoms with E-state index in [4.69, 9.17) is 0 Å². The molecular weight excluding hydrogens is 312 g/mol. The van der Waals surface area contributed by atoms with E-state index < -0.39 is 0 Å². The fourth-order valence-electron chi connectivity index (χ4n) is 2.95. The topological polar surface area (TPSA) is 66.4 Å². The van der Waals surface area contributed by atoms with E-state index in [1.807, 2.05) is 31.1 Å². The first-order valence-electron chi connectivity index (χ1n) is 7.26. The molecule has 1 aliphatic heterocycles. The van der Waals surface area contributed by atoms with Crippen molar-refractivity contribution in [2.45, 2.75) is 0 Å². The summed E-state index contributed by atoms with van der Waals surface area (Å²) < 4.78 is 4.88. The zero-order chi connectivity index (χ0) is 16.1. The number of hydrogen-bond acceptors (Lipinski definition) is 6. The van der Waals surface area contributed by atoms with Crippen LogP contribution in [-0.4, -0.2) is 58.4 Å². The zero-order valence-corrected chi connectivity index (χ0v) is 13.6. The standard InChI is InChI=1S/C16H14N4O2S/c1-19(2)6-7-20-15(21)10-5-3-4-9-13(10)11(16(20)22)8-12-14(9)23-18-17-12/h3-5,8H,6-7H2,1-2H3. The largest absolute Gasteiger partial charge is 0.308 e. The highest BCUT2D eigenvalue weighted by Crippen LogP contribution is 2.35. The van der Waals surface area contributed by atoms with Gasteiger partial charge in [0.2, 0.25) is 0 Å². The Morgan fingerprint density at radius 2 is 1.96 bits per heavy atom. The summed E-state index contributed by atoms with van der Waals surface area (Å²) in [5.41, 5.74) is 1.81. The molecule has 0 atom stereocenters. The number of imide groups is 1. The predicted molar refractivity (Wildman–Crippen MR) is 88.8 cm³/mol. The average molecular weight is 326 g/mol. The van der Waals surface area contributed by atoms with Crippen LogP contribution in [0.3, 0.4) is 0 Å². The molecule has 23 heavy (non-hydrogen) atoms. The Labute approximate surface area is 136 Å². The van der Waals surface area contributed by atoms with Crippen LogP contribution in [0.25, 0.3) is 21.0 Å². The summed E-state index contributed by atoms with van der Waals surface area (Å²) in [6.07, 6.45) is 0. The minimum absolute atomic E-state index is 0.230. The lowest BCUT2D eigenvalue weighted by Crippen LogP contribution is -2.43. The molecule has 7 heteroatoms. The van der Waals surface area contributed by atoms with Crippen LogP contribution in [0, 0.1) is 0 Å². The van der Waals surface area contributed by atoms with E-state index in [2.05, 4.69) is 9.59 Å². The molecule has 2 amide bonds.